The van der Waals surface area contributed by atoms with E-state index in [9.17, 15) is 18.7 Å². The Kier molecular flexibility index (Phi) is 11.9. The zero-order valence-electron chi connectivity index (χ0n) is 23.4. The summed E-state index contributed by atoms with van der Waals surface area (Å²) in [6, 6.07) is 19.6. The van der Waals surface area contributed by atoms with E-state index in [0.29, 0.717) is 24.3 Å². The van der Waals surface area contributed by atoms with E-state index in [0.717, 1.165) is 50.4 Å². The largest absolute Gasteiger partial charge is 0.493 e. The fourth-order valence-electron chi connectivity index (χ4n) is 5.03. The van der Waals surface area contributed by atoms with Gasteiger partial charge in [-0.25, -0.2) is 8.78 Å². The van der Waals surface area contributed by atoms with E-state index in [4.69, 9.17) is 9.47 Å². The van der Waals surface area contributed by atoms with Crippen LogP contribution in [0.5, 0.6) is 11.5 Å². The molecule has 1 N–H and O–H groups in total. The van der Waals surface area contributed by atoms with Crippen LogP contribution in [0, 0.1) is 17.6 Å². The number of likely N-dealkylation sites (tertiary alicyclic amines) is 1. The number of ether oxygens (including phenoxy) is 3. The Labute approximate surface area is 235 Å². The van der Waals surface area contributed by atoms with Crippen LogP contribution in [0.15, 0.2) is 72.8 Å². The highest BCUT2D eigenvalue weighted by atomic mass is 19.1. The van der Waals surface area contributed by atoms with Crippen LogP contribution in [-0.4, -0.2) is 55.9 Å². The molecule has 0 radical (unpaired) electrons. The summed E-state index contributed by atoms with van der Waals surface area (Å²) in [6.45, 7) is 6.82. The van der Waals surface area contributed by atoms with Crippen molar-refractivity contribution in [3.05, 3.63) is 95.6 Å². The van der Waals surface area contributed by atoms with Crippen molar-refractivity contribution in [2.24, 2.45) is 5.92 Å². The molecule has 1 saturated heterocycles. The number of hydrogen-bond donors (Lipinski definition) is 1. The molecule has 40 heavy (non-hydrogen) atoms. The number of nitrogens with zero attached hydrogens (tertiary/aromatic N) is 1. The Morgan fingerprint density at radius 3 is 1.90 bits per heavy atom. The standard InChI is InChI=1S/C28H31F2NO3.C4H8O2/c1-33-26-5-2-3-6-27(26)34-20-4-17-31-18-15-23(16-19-31)28(32,21-7-11-24(29)12-8-21)22-9-13-25(30)14-10-22;1-3-6-4(2)5/h2-3,5-14,23,32H,4,15-20H2,1H3;3H2,1-2H3. The fraction of sp³-hybridized carbons (Fsp3) is 0.406. The smallest absolute Gasteiger partial charge is 0.302 e. The van der Waals surface area contributed by atoms with Crippen molar-refractivity contribution < 1.29 is 32.9 Å². The van der Waals surface area contributed by atoms with Gasteiger partial charge < -0.3 is 24.2 Å². The Morgan fingerprint density at radius 2 is 1.45 bits per heavy atom. The predicted octanol–water partition coefficient (Wildman–Crippen LogP) is 5.96. The van der Waals surface area contributed by atoms with Gasteiger partial charge in [0, 0.05) is 13.5 Å². The monoisotopic (exact) mass is 555 g/mol. The molecule has 0 spiro atoms. The van der Waals surface area contributed by atoms with Gasteiger partial charge in [-0.15, -0.1) is 0 Å². The highest BCUT2D eigenvalue weighted by Gasteiger charge is 2.41. The van der Waals surface area contributed by atoms with Gasteiger partial charge in [0.1, 0.15) is 17.2 Å². The number of para-hydroxylation sites is 2. The number of carbonyl (C=O) groups is 1. The molecule has 3 aromatic rings. The van der Waals surface area contributed by atoms with Crippen molar-refractivity contribution in [2.45, 2.75) is 38.7 Å². The van der Waals surface area contributed by atoms with Crippen LogP contribution in [0.2, 0.25) is 0 Å². The van der Waals surface area contributed by atoms with E-state index in [1.807, 2.05) is 24.3 Å². The molecular weight excluding hydrogens is 516 g/mol. The molecule has 0 saturated carbocycles. The molecule has 0 aromatic heterocycles. The van der Waals surface area contributed by atoms with Crippen molar-refractivity contribution in [3.63, 3.8) is 0 Å². The lowest BCUT2D eigenvalue weighted by Crippen LogP contribution is -2.44. The van der Waals surface area contributed by atoms with Gasteiger partial charge in [-0.3, -0.25) is 4.79 Å². The molecular formula is C32H39F2NO5. The Hall–Kier alpha value is -3.49. The second-order valence-corrected chi connectivity index (χ2v) is 9.67. The third kappa shape index (κ3) is 8.50. The van der Waals surface area contributed by atoms with Gasteiger partial charge >= 0.3 is 5.97 Å². The second kappa shape index (κ2) is 15.3. The Bertz CT molecular complexity index is 1130. The van der Waals surface area contributed by atoms with Crippen LogP contribution in [-0.2, 0) is 15.1 Å². The van der Waals surface area contributed by atoms with E-state index in [1.165, 1.54) is 31.2 Å². The van der Waals surface area contributed by atoms with E-state index in [2.05, 4.69) is 9.64 Å². The number of methoxy groups -OCH3 is 1. The van der Waals surface area contributed by atoms with Crippen molar-refractivity contribution in [3.8, 4) is 11.5 Å². The zero-order chi connectivity index (χ0) is 29.0. The minimum Gasteiger partial charge on any atom is -0.493 e. The van der Waals surface area contributed by atoms with Crippen LogP contribution in [0.25, 0.3) is 0 Å². The van der Waals surface area contributed by atoms with Gasteiger partial charge in [0.25, 0.3) is 0 Å². The minimum atomic E-state index is -1.31. The molecule has 1 aliphatic heterocycles. The summed E-state index contributed by atoms with van der Waals surface area (Å²) in [4.78, 5) is 12.2. The first-order valence-corrected chi connectivity index (χ1v) is 13.6. The summed E-state index contributed by atoms with van der Waals surface area (Å²) in [5.74, 6) is 0.490. The molecule has 6 nitrogen and oxygen atoms in total. The maximum absolute atomic E-state index is 13.6. The van der Waals surface area contributed by atoms with Gasteiger partial charge in [-0.05, 0) is 92.7 Å². The van der Waals surface area contributed by atoms with Crippen molar-refractivity contribution in [2.75, 3.05) is 40.0 Å². The van der Waals surface area contributed by atoms with Crippen molar-refractivity contribution >= 4 is 5.97 Å². The Morgan fingerprint density at radius 1 is 0.925 bits per heavy atom. The molecule has 8 heteroatoms. The van der Waals surface area contributed by atoms with Crippen LogP contribution in [0.4, 0.5) is 8.78 Å². The van der Waals surface area contributed by atoms with Crippen LogP contribution in [0.1, 0.15) is 44.2 Å². The lowest BCUT2D eigenvalue weighted by molar-refractivity contribution is -0.140. The van der Waals surface area contributed by atoms with Crippen LogP contribution < -0.4 is 9.47 Å². The summed E-state index contributed by atoms with van der Waals surface area (Å²) in [5, 5.41) is 11.9. The van der Waals surface area contributed by atoms with E-state index < -0.39 is 5.60 Å². The summed E-state index contributed by atoms with van der Waals surface area (Å²) >= 11 is 0. The SMILES string of the molecule is CCOC(C)=O.COc1ccccc1OCCCN1CCC(C(O)(c2ccc(F)cc2)c2ccc(F)cc2)CC1. The van der Waals surface area contributed by atoms with Crippen molar-refractivity contribution in [1.82, 2.24) is 4.90 Å². The summed E-state index contributed by atoms with van der Waals surface area (Å²) in [6.07, 6.45) is 2.43. The second-order valence-electron chi connectivity index (χ2n) is 9.67. The van der Waals surface area contributed by atoms with E-state index in [1.54, 1.807) is 38.3 Å². The topological polar surface area (TPSA) is 68.2 Å². The quantitative estimate of drug-likeness (QED) is 0.246. The highest BCUT2D eigenvalue weighted by Crippen LogP contribution is 2.42. The first kappa shape index (κ1) is 31.0. The van der Waals surface area contributed by atoms with Crippen LogP contribution in [0.3, 0.4) is 0 Å². The molecule has 0 aliphatic carbocycles. The maximum atomic E-state index is 13.6. The highest BCUT2D eigenvalue weighted by molar-refractivity contribution is 5.65. The minimum absolute atomic E-state index is 0.0653. The fourth-order valence-corrected chi connectivity index (χ4v) is 5.03. The lowest BCUT2D eigenvalue weighted by Gasteiger charge is -2.42. The number of rotatable bonds is 10. The van der Waals surface area contributed by atoms with E-state index in [-0.39, 0.29) is 23.5 Å². The van der Waals surface area contributed by atoms with Gasteiger partial charge in [-0.1, -0.05) is 36.4 Å². The molecule has 0 unspecified atom stereocenters. The number of carbonyl (C=O) groups excluding carboxylic acids is 1. The maximum Gasteiger partial charge on any atom is 0.302 e. The number of esters is 1. The Balaban J connectivity index is 0.000000663. The number of halogens is 2. The zero-order valence-corrected chi connectivity index (χ0v) is 23.4. The molecule has 1 heterocycles. The van der Waals surface area contributed by atoms with Crippen molar-refractivity contribution in [1.29, 1.82) is 0 Å². The molecule has 1 fully saturated rings. The van der Waals surface area contributed by atoms with Gasteiger partial charge in [0.15, 0.2) is 11.5 Å². The number of aliphatic hydroxyl groups is 1. The predicted molar refractivity (Wildman–Crippen MR) is 150 cm³/mol. The third-order valence-electron chi connectivity index (χ3n) is 7.04. The van der Waals surface area contributed by atoms with Crippen LogP contribution >= 0.6 is 0 Å². The number of piperidine rings is 1. The average Bonchev–Trinajstić information content (AvgIpc) is 2.96. The van der Waals surface area contributed by atoms with Gasteiger partial charge in [0.05, 0.1) is 20.3 Å². The molecule has 216 valence electrons. The summed E-state index contributed by atoms with van der Waals surface area (Å²) in [5.41, 5.74) is -0.0474. The molecule has 1 aliphatic rings. The van der Waals surface area contributed by atoms with Gasteiger partial charge in [-0.2, -0.15) is 0 Å². The molecule has 0 atom stereocenters. The lowest BCUT2D eigenvalue weighted by atomic mass is 9.72. The number of benzene rings is 3. The number of hydrogen-bond acceptors (Lipinski definition) is 6. The van der Waals surface area contributed by atoms with E-state index >= 15 is 0 Å². The summed E-state index contributed by atoms with van der Waals surface area (Å²) in [7, 11) is 1.63. The molecule has 0 amide bonds. The first-order valence-electron chi connectivity index (χ1n) is 13.6. The normalized spacial score (nSPS) is 14.2. The molecule has 3 aromatic carbocycles. The molecule has 4 rings (SSSR count). The average molecular weight is 556 g/mol. The third-order valence-corrected chi connectivity index (χ3v) is 7.04. The first-order chi connectivity index (χ1) is 19.3. The summed E-state index contributed by atoms with van der Waals surface area (Å²) < 4.78 is 42.7. The molecule has 0 bridgehead atoms. The van der Waals surface area contributed by atoms with Gasteiger partial charge in [0.2, 0.25) is 0 Å².